The second kappa shape index (κ2) is 3.87. The number of rotatable bonds is 3. The largest absolute Gasteiger partial charge is 0.550 e. The van der Waals surface area contributed by atoms with Crippen molar-refractivity contribution in [3.8, 4) is 0 Å². The second-order valence-corrected chi connectivity index (χ2v) is 2.00. The Hall–Kier alpha value is -1.06. The molecule has 0 aliphatic heterocycles. The maximum Gasteiger partial charge on any atom is 0.308 e. The molecule has 0 N–H and O–H groups in total. The minimum absolute atomic E-state index is 0.285. The van der Waals surface area contributed by atoms with Gasteiger partial charge in [0.2, 0.25) is 0 Å². The summed E-state index contributed by atoms with van der Waals surface area (Å²) in [7, 11) is 1.22. The Bertz CT molecular complexity index is 141. The predicted molar refractivity (Wildman–Crippen MR) is 30.8 cm³/mol. The van der Waals surface area contributed by atoms with Crippen molar-refractivity contribution in [3.05, 3.63) is 0 Å². The van der Waals surface area contributed by atoms with Gasteiger partial charge in [0.15, 0.2) is 0 Å². The van der Waals surface area contributed by atoms with Gasteiger partial charge < -0.3 is 14.6 Å². The molecule has 0 aliphatic rings. The Morgan fingerprint density at radius 2 is 2.10 bits per heavy atom. The molecule has 0 spiro atoms. The lowest BCUT2D eigenvalue weighted by molar-refractivity contribution is -0.306. The zero-order valence-corrected chi connectivity index (χ0v) is 5.92. The van der Waals surface area contributed by atoms with E-state index >= 15 is 0 Å². The highest BCUT2D eigenvalue weighted by Crippen LogP contribution is 2.01. The summed E-state index contributed by atoms with van der Waals surface area (Å²) < 4.78 is 4.28. The molecule has 4 heteroatoms. The molecule has 0 saturated carbocycles. The van der Waals surface area contributed by atoms with Crippen LogP contribution in [0.25, 0.3) is 0 Å². The first-order valence-electron chi connectivity index (χ1n) is 2.85. The number of aliphatic carboxylic acids is 1. The van der Waals surface area contributed by atoms with Gasteiger partial charge in [-0.15, -0.1) is 0 Å². The van der Waals surface area contributed by atoms with E-state index in [2.05, 4.69) is 4.74 Å². The highest BCUT2D eigenvalue weighted by atomic mass is 16.5. The van der Waals surface area contributed by atoms with E-state index in [-0.39, 0.29) is 6.42 Å². The smallest absolute Gasteiger partial charge is 0.308 e. The van der Waals surface area contributed by atoms with Crippen molar-refractivity contribution >= 4 is 11.9 Å². The summed E-state index contributed by atoms with van der Waals surface area (Å²) in [6.07, 6.45) is -0.285. The first kappa shape index (κ1) is 8.94. The summed E-state index contributed by atoms with van der Waals surface area (Å²) in [4.78, 5) is 20.4. The van der Waals surface area contributed by atoms with Crippen molar-refractivity contribution in [1.82, 2.24) is 0 Å². The van der Waals surface area contributed by atoms with Gasteiger partial charge in [0, 0.05) is 5.97 Å². The van der Waals surface area contributed by atoms with E-state index in [4.69, 9.17) is 0 Å². The third kappa shape index (κ3) is 3.06. The Morgan fingerprint density at radius 1 is 1.60 bits per heavy atom. The molecule has 4 nitrogen and oxygen atoms in total. The topological polar surface area (TPSA) is 66.4 Å². The number of esters is 1. The minimum atomic E-state index is -1.24. The van der Waals surface area contributed by atoms with Gasteiger partial charge in [-0.05, 0) is 6.42 Å². The predicted octanol–water partition coefficient (Wildman–Crippen LogP) is -1.06. The van der Waals surface area contributed by atoms with E-state index in [1.165, 1.54) is 14.0 Å². The molecule has 0 saturated heterocycles. The van der Waals surface area contributed by atoms with E-state index in [1.807, 2.05) is 0 Å². The Morgan fingerprint density at radius 3 is 2.40 bits per heavy atom. The van der Waals surface area contributed by atoms with Crippen LogP contribution in [0.4, 0.5) is 0 Å². The van der Waals surface area contributed by atoms with Crippen molar-refractivity contribution < 1.29 is 19.4 Å². The molecule has 10 heavy (non-hydrogen) atoms. The zero-order valence-electron chi connectivity index (χ0n) is 5.92. The maximum absolute atomic E-state index is 10.5. The van der Waals surface area contributed by atoms with Gasteiger partial charge >= 0.3 is 5.97 Å². The van der Waals surface area contributed by atoms with Gasteiger partial charge in [0.1, 0.15) is 0 Å². The molecular formula is C6H9O4-. The van der Waals surface area contributed by atoms with Gasteiger partial charge in [-0.25, -0.2) is 0 Å². The van der Waals surface area contributed by atoms with Crippen molar-refractivity contribution in [1.29, 1.82) is 0 Å². The average molecular weight is 145 g/mol. The fourth-order valence-electron chi connectivity index (χ4n) is 0.535. The molecule has 1 atom stereocenters. The molecule has 0 heterocycles. The maximum atomic E-state index is 10.5. The lowest BCUT2D eigenvalue weighted by atomic mass is 10.1. The van der Waals surface area contributed by atoms with E-state index in [0.717, 1.165) is 0 Å². The zero-order chi connectivity index (χ0) is 8.15. The van der Waals surface area contributed by atoms with E-state index in [1.54, 1.807) is 0 Å². The molecule has 0 aromatic heterocycles. The number of carbonyl (C=O) groups excluding carboxylic acids is 2. The van der Waals surface area contributed by atoms with Crippen LogP contribution in [-0.4, -0.2) is 19.0 Å². The van der Waals surface area contributed by atoms with Crippen LogP contribution in [0.15, 0.2) is 0 Å². The molecule has 58 valence electrons. The Labute approximate surface area is 58.8 Å². The standard InChI is InChI=1S/C6H10O4/c1-4(3-5(7)8)6(9)10-2/h4H,3H2,1-2H3,(H,7,8)/p-1. The Kier molecular flexibility index (Phi) is 3.46. The fourth-order valence-corrected chi connectivity index (χ4v) is 0.535. The molecular weight excluding hydrogens is 136 g/mol. The molecule has 0 bridgehead atoms. The molecule has 0 fully saturated rings. The summed E-state index contributed by atoms with van der Waals surface area (Å²) >= 11 is 0. The van der Waals surface area contributed by atoms with Crippen LogP contribution in [0.2, 0.25) is 0 Å². The van der Waals surface area contributed by atoms with Crippen molar-refractivity contribution in [2.75, 3.05) is 7.11 Å². The third-order valence-electron chi connectivity index (χ3n) is 1.08. The number of hydrogen-bond acceptors (Lipinski definition) is 4. The van der Waals surface area contributed by atoms with Crippen LogP contribution in [0.1, 0.15) is 13.3 Å². The van der Waals surface area contributed by atoms with Crippen molar-refractivity contribution in [2.45, 2.75) is 13.3 Å². The highest BCUT2D eigenvalue weighted by Gasteiger charge is 2.12. The van der Waals surface area contributed by atoms with Crippen LogP contribution in [-0.2, 0) is 14.3 Å². The molecule has 0 amide bonds. The van der Waals surface area contributed by atoms with Crippen LogP contribution in [0.3, 0.4) is 0 Å². The Balaban J connectivity index is 3.72. The van der Waals surface area contributed by atoms with E-state index in [9.17, 15) is 14.7 Å². The molecule has 1 unspecified atom stereocenters. The molecule has 0 radical (unpaired) electrons. The monoisotopic (exact) mass is 145 g/mol. The van der Waals surface area contributed by atoms with Crippen LogP contribution >= 0.6 is 0 Å². The highest BCUT2D eigenvalue weighted by molar-refractivity contribution is 5.77. The number of ether oxygens (including phenoxy) is 1. The van der Waals surface area contributed by atoms with E-state index in [0.29, 0.717) is 0 Å². The number of carbonyl (C=O) groups is 2. The molecule has 0 aliphatic carbocycles. The van der Waals surface area contributed by atoms with Gasteiger partial charge in [0.05, 0.1) is 13.0 Å². The van der Waals surface area contributed by atoms with Crippen LogP contribution in [0.5, 0.6) is 0 Å². The number of hydrogen-bond donors (Lipinski definition) is 0. The summed E-state index contributed by atoms with van der Waals surface area (Å²) in [6.45, 7) is 1.47. The first-order chi connectivity index (χ1) is 4.57. The lowest BCUT2D eigenvalue weighted by Gasteiger charge is -2.08. The number of carboxylic acids is 1. The summed E-state index contributed by atoms with van der Waals surface area (Å²) in [5.74, 6) is -2.38. The quantitative estimate of drug-likeness (QED) is 0.474. The second-order valence-electron chi connectivity index (χ2n) is 2.00. The van der Waals surface area contributed by atoms with E-state index < -0.39 is 17.9 Å². The number of carboxylic acid groups (broad SMARTS) is 1. The number of methoxy groups -OCH3 is 1. The van der Waals surface area contributed by atoms with Gasteiger partial charge in [-0.2, -0.15) is 0 Å². The van der Waals surface area contributed by atoms with Gasteiger partial charge in [-0.1, -0.05) is 6.92 Å². The lowest BCUT2D eigenvalue weighted by Crippen LogP contribution is -2.27. The molecule has 0 aromatic carbocycles. The minimum Gasteiger partial charge on any atom is -0.550 e. The van der Waals surface area contributed by atoms with Crippen LogP contribution < -0.4 is 5.11 Å². The van der Waals surface area contributed by atoms with Gasteiger partial charge in [0.25, 0.3) is 0 Å². The SMILES string of the molecule is COC(=O)C(C)CC(=O)[O-]. The summed E-state index contributed by atoms with van der Waals surface area (Å²) in [5, 5.41) is 9.91. The van der Waals surface area contributed by atoms with Gasteiger partial charge in [-0.3, -0.25) is 4.79 Å². The summed E-state index contributed by atoms with van der Waals surface area (Å²) in [6, 6.07) is 0. The fraction of sp³-hybridized carbons (Fsp3) is 0.667. The normalized spacial score (nSPS) is 12.2. The molecule has 0 rings (SSSR count). The summed E-state index contributed by atoms with van der Waals surface area (Å²) in [5.41, 5.74) is 0. The molecule has 0 aromatic rings. The van der Waals surface area contributed by atoms with Crippen LogP contribution in [0, 0.1) is 5.92 Å². The van der Waals surface area contributed by atoms with Crippen molar-refractivity contribution in [3.63, 3.8) is 0 Å². The average Bonchev–Trinajstić information content (AvgIpc) is 1.85. The first-order valence-corrected chi connectivity index (χ1v) is 2.85. The van der Waals surface area contributed by atoms with Crippen molar-refractivity contribution in [2.24, 2.45) is 5.92 Å². The third-order valence-corrected chi connectivity index (χ3v) is 1.08.